The fraction of sp³-hybridized carbons (Fsp3) is 0.812. The molecule has 8 heteroatoms. The lowest BCUT2D eigenvalue weighted by Crippen LogP contribution is -2.48. The van der Waals surface area contributed by atoms with E-state index in [1.54, 1.807) is 0 Å². The SMILES string of the molecule is Nc1nnc(CCNC(=O)[C@@]23CNC[C@@H]2CN(C2CCCC2)C3)s1. The molecule has 1 aromatic heterocycles. The maximum atomic E-state index is 13.0. The molecule has 1 aliphatic carbocycles. The molecule has 1 amide bonds. The minimum absolute atomic E-state index is 0.204. The Kier molecular flexibility index (Phi) is 4.44. The van der Waals surface area contributed by atoms with Crippen LogP contribution in [0.15, 0.2) is 0 Å². The second-order valence-electron chi connectivity index (χ2n) is 7.39. The number of nitrogens with zero attached hydrogens (tertiary/aromatic N) is 3. The van der Waals surface area contributed by atoms with E-state index in [4.69, 9.17) is 5.73 Å². The monoisotopic (exact) mass is 350 g/mol. The number of carbonyl (C=O) groups excluding carboxylic acids is 1. The number of amides is 1. The predicted molar refractivity (Wildman–Crippen MR) is 93.7 cm³/mol. The summed E-state index contributed by atoms with van der Waals surface area (Å²) in [6, 6.07) is 0.699. The van der Waals surface area contributed by atoms with Gasteiger partial charge in [0.1, 0.15) is 5.01 Å². The van der Waals surface area contributed by atoms with Gasteiger partial charge in [-0.25, -0.2) is 0 Å². The van der Waals surface area contributed by atoms with Gasteiger partial charge in [0.2, 0.25) is 11.0 Å². The van der Waals surface area contributed by atoms with Crippen LogP contribution in [0.5, 0.6) is 0 Å². The van der Waals surface area contributed by atoms with E-state index in [9.17, 15) is 4.79 Å². The molecule has 2 saturated heterocycles. The molecule has 4 N–H and O–H groups in total. The van der Waals surface area contributed by atoms with E-state index in [2.05, 4.69) is 25.7 Å². The van der Waals surface area contributed by atoms with Gasteiger partial charge in [0.25, 0.3) is 0 Å². The van der Waals surface area contributed by atoms with Gasteiger partial charge in [0.05, 0.1) is 5.41 Å². The molecule has 4 rings (SSSR count). The zero-order valence-electron chi connectivity index (χ0n) is 14.0. The molecule has 2 atom stereocenters. The molecule has 2 aliphatic heterocycles. The van der Waals surface area contributed by atoms with Crippen LogP contribution in [-0.4, -0.2) is 59.8 Å². The summed E-state index contributed by atoms with van der Waals surface area (Å²) >= 11 is 1.39. The van der Waals surface area contributed by atoms with Crippen LogP contribution in [0.25, 0.3) is 0 Å². The Morgan fingerprint density at radius 2 is 2.25 bits per heavy atom. The molecule has 1 saturated carbocycles. The first-order chi connectivity index (χ1) is 11.7. The summed E-state index contributed by atoms with van der Waals surface area (Å²) in [5.41, 5.74) is 5.35. The van der Waals surface area contributed by atoms with Crippen LogP contribution in [-0.2, 0) is 11.2 Å². The maximum absolute atomic E-state index is 13.0. The van der Waals surface area contributed by atoms with Crippen LogP contribution < -0.4 is 16.4 Å². The molecule has 0 unspecified atom stereocenters. The largest absolute Gasteiger partial charge is 0.374 e. The number of hydrogen-bond donors (Lipinski definition) is 3. The zero-order valence-corrected chi connectivity index (χ0v) is 14.8. The molecule has 0 aromatic carbocycles. The summed E-state index contributed by atoms with van der Waals surface area (Å²) in [4.78, 5) is 15.6. The first kappa shape index (κ1) is 16.2. The third kappa shape index (κ3) is 2.91. The highest BCUT2D eigenvalue weighted by Gasteiger charge is 2.55. The quantitative estimate of drug-likeness (QED) is 0.704. The van der Waals surface area contributed by atoms with Gasteiger partial charge in [-0.15, -0.1) is 10.2 Å². The highest BCUT2D eigenvalue weighted by molar-refractivity contribution is 7.15. The molecular formula is C16H26N6OS. The van der Waals surface area contributed by atoms with Crippen molar-refractivity contribution >= 4 is 22.4 Å². The Hall–Kier alpha value is -1.25. The molecule has 3 heterocycles. The second kappa shape index (κ2) is 6.57. The molecule has 24 heavy (non-hydrogen) atoms. The summed E-state index contributed by atoms with van der Waals surface area (Å²) < 4.78 is 0. The highest BCUT2D eigenvalue weighted by atomic mass is 32.1. The minimum Gasteiger partial charge on any atom is -0.374 e. The van der Waals surface area contributed by atoms with Crippen molar-refractivity contribution in [3.8, 4) is 0 Å². The van der Waals surface area contributed by atoms with Crippen molar-refractivity contribution in [3.05, 3.63) is 5.01 Å². The summed E-state index contributed by atoms with van der Waals surface area (Å²) in [7, 11) is 0. The summed E-state index contributed by atoms with van der Waals surface area (Å²) in [6.07, 6.45) is 5.98. The van der Waals surface area contributed by atoms with E-state index in [1.807, 2.05) is 0 Å². The number of likely N-dealkylation sites (tertiary alicyclic amines) is 1. The fourth-order valence-electron chi connectivity index (χ4n) is 4.66. The van der Waals surface area contributed by atoms with Crippen molar-refractivity contribution < 1.29 is 4.79 Å². The van der Waals surface area contributed by atoms with Gasteiger partial charge in [0.15, 0.2) is 0 Å². The third-order valence-electron chi connectivity index (χ3n) is 5.95. The number of carbonyl (C=O) groups is 1. The van der Waals surface area contributed by atoms with Crippen LogP contribution in [0.2, 0.25) is 0 Å². The highest BCUT2D eigenvalue weighted by Crippen LogP contribution is 2.42. The summed E-state index contributed by atoms with van der Waals surface area (Å²) in [6.45, 7) is 4.35. The van der Waals surface area contributed by atoms with Crippen LogP contribution in [0, 0.1) is 11.3 Å². The van der Waals surface area contributed by atoms with E-state index in [1.165, 1.54) is 37.0 Å². The maximum Gasteiger partial charge on any atom is 0.229 e. The van der Waals surface area contributed by atoms with Crippen LogP contribution >= 0.6 is 11.3 Å². The standard InChI is InChI=1S/C16H26N6OS/c17-15-21-20-13(24-15)5-6-19-14(23)16-9-18-7-11(16)8-22(10-16)12-3-1-2-4-12/h11-12,18H,1-10H2,(H2,17,21)(H,19,23)/t11-,16-/m1/s1. The predicted octanol–water partition coefficient (Wildman–Crippen LogP) is 0.243. The lowest BCUT2D eigenvalue weighted by molar-refractivity contribution is -0.130. The molecule has 0 bridgehead atoms. The van der Waals surface area contributed by atoms with Crippen molar-refractivity contribution in [1.29, 1.82) is 0 Å². The molecule has 132 valence electrons. The van der Waals surface area contributed by atoms with Gasteiger partial charge < -0.3 is 16.4 Å². The number of nitrogens with two attached hydrogens (primary N) is 1. The Balaban J connectivity index is 1.36. The smallest absolute Gasteiger partial charge is 0.229 e. The van der Waals surface area contributed by atoms with Gasteiger partial charge >= 0.3 is 0 Å². The Morgan fingerprint density at radius 1 is 1.42 bits per heavy atom. The van der Waals surface area contributed by atoms with Crippen molar-refractivity contribution in [2.24, 2.45) is 11.3 Å². The van der Waals surface area contributed by atoms with E-state index in [0.29, 0.717) is 30.1 Å². The number of fused-ring (bicyclic) bond motifs is 1. The lowest BCUT2D eigenvalue weighted by Gasteiger charge is -2.29. The molecule has 3 aliphatic rings. The van der Waals surface area contributed by atoms with Crippen molar-refractivity contribution in [3.63, 3.8) is 0 Å². The van der Waals surface area contributed by atoms with E-state index < -0.39 is 0 Å². The minimum atomic E-state index is -0.247. The van der Waals surface area contributed by atoms with E-state index in [0.717, 1.165) is 31.2 Å². The van der Waals surface area contributed by atoms with Crippen LogP contribution in [0.3, 0.4) is 0 Å². The Bertz CT molecular complexity index is 601. The van der Waals surface area contributed by atoms with Gasteiger partial charge in [0, 0.05) is 51.1 Å². The first-order valence-corrected chi connectivity index (χ1v) is 9.80. The van der Waals surface area contributed by atoms with Crippen LogP contribution in [0.1, 0.15) is 30.7 Å². The molecule has 3 fully saturated rings. The average molecular weight is 350 g/mol. The normalized spacial score (nSPS) is 30.8. The van der Waals surface area contributed by atoms with Crippen molar-refractivity contribution in [1.82, 2.24) is 25.7 Å². The Labute approximate surface area is 146 Å². The molecule has 7 nitrogen and oxygen atoms in total. The number of rotatable bonds is 5. The van der Waals surface area contributed by atoms with E-state index >= 15 is 0 Å². The zero-order chi connectivity index (χ0) is 16.6. The van der Waals surface area contributed by atoms with Crippen molar-refractivity contribution in [2.75, 3.05) is 38.5 Å². The molecule has 0 spiro atoms. The number of anilines is 1. The number of nitrogens with one attached hydrogen (secondary N) is 2. The topological polar surface area (TPSA) is 96.2 Å². The average Bonchev–Trinajstić information content (AvgIpc) is 3.30. The van der Waals surface area contributed by atoms with Gasteiger partial charge in [-0.1, -0.05) is 24.2 Å². The number of nitrogen functional groups attached to an aromatic ring is 1. The van der Waals surface area contributed by atoms with E-state index in [-0.39, 0.29) is 11.3 Å². The third-order valence-corrected chi connectivity index (χ3v) is 6.77. The van der Waals surface area contributed by atoms with Crippen molar-refractivity contribution in [2.45, 2.75) is 38.1 Å². The lowest BCUT2D eigenvalue weighted by atomic mass is 9.80. The van der Waals surface area contributed by atoms with Gasteiger partial charge in [-0.2, -0.15) is 0 Å². The van der Waals surface area contributed by atoms with Crippen LogP contribution in [0.4, 0.5) is 5.13 Å². The Morgan fingerprint density at radius 3 is 3.00 bits per heavy atom. The summed E-state index contributed by atoms with van der Waals surface area (Å²) in [5, 5.41) is 15.8. The summed E-state index contributed by atoms with van der Waals surface area (Å²) in [5.74, 6) is 0.644. The first-order valence-electron chi connectivity index (χ1n) is 8.98. The number of aromatic nitrogens is 2. The fourth-order valence-corrected chi connectivity index (χ4v) is 5.26. The number of hydrogen-bond acceptors (Lipinski definition) is 7. The van der Waals surface area contributed by atoms with Gasteiger partial charge in [-0.05, 0) is 12.8 Å². The second-order valence-corrected chi connectivity index (χ2v) is 8.49. The molecule has 1 aromatic rings. The molecular weight excluding hydrogens is 324 g/mol. The van der Waals surface area contributed by atoms with Gasteiger partial charge in [-0.3, -0.25) is 9.69 Å². The molecule has 0 radical (unpaired) electrons.